The van der Waals surface area contributed by atoms with E-state index in [2.05, 4.69) is 169 Å². The second kappa shape index (κ2) is 9.25. The van der Waals surface area contributed by atoms with Gasteiger partial charge >= 0.3 is 0 Å². The molecular formula is C45H30N2S. The van der Waals surface area contributed by atoms with Crippen LogP contribution in [0.5, 0.6) is 0 Å². The summed E-state index contributed by atoms with van der Waals surface area (Å²) in [6.07, 6.45) is 0. The van der Waals surface area contributed by atoms with Crippen molar-refractivity contribution in [3.8, 4) is 22.5 Å². The molecule has 226 valence electrons. The molecule has 3 aromatic heterocycles. The third kappa shape index (κ3) is 3.31. The zero-order chi connectivity index (χ0) is 31.7. The van der Waals surface area contributed by atoms with Gasteiger partial charge in [0.05, 0.1) is 22.1 Å². The molecular weight excluding hydrogens is 601 g/mol. The molecule has 0 atom stereocenters. The smallest absolute Gasteiger partial charge is 0.0541 e. The predicted octanol–water partition coefficient (Wildman–Crippen LogP) is 12.6. The molecule has 0 unspecified atom stereocenters. The van der Waals surface area contributed by atoms with Crippen LogP contribution in [0.25, 0.3) is 86.3 Å². The van der Waals surface area contributed by atoms with Gasteiger partial charge in [0.1, 0.15) is 0 Å². The molecule has 0 radical (unpaired) electrons. The minimum absolute atomic E-state index is 0.133. The Morgan fingerprint density at radius 1 is 0.438 bits per heavy atom. The maximum Gasteiger partial charge on any atom is 0.0541 e. The molecule has 0 bridgehead atoms. The SMILES string of the molecule is CC1(C)c2cc(-n3c4ccccc4c4ccccc43)ccc2-c2c1ccc1sc3ccc(-n4c5ccccc5c5ccccc54)cc3c21. The molecule has 11 rings (SSSR count). The number of fused-ring (bicyclic) bond motifs is 13. The molecule has 3 heteroatoms. The molecule has 3 heterocycles. The van der Waals surface area contributed by atoms with Crippen LogP contribution in [0.3, 0.4) is 0 Å². The van der Waals surface area contributed by atoms with Crippen molar-refractivity contribution in [1.82, 2.24) is 9.13 Å². The van der Waals surface area contributed by atoms with Crippen LogP contribution in [-0.2, 0) is 5.41 Å². The average molecular weight is 631 g/mol. The van der Waals surface area contributed by atoms with Gasteiger partial charge in [-0.2, -0.15) is 0 Å². The summed E-state index contributed by atoms with van der Waals surface area (Å²) in [5.74, 6) is 0. The number of hydrogen-bond donors (Lipinski definition) is 0. The van der Waals surface area contributed by atoms with Gasteiger partial charge in [-0.1, -0.05) is 98.8 Å². The van der Waals surface area contributed by atoms with E-state index in [1.807, 2.05) is 11.3 Å². The zero-order valence-corrected chi connectivity index (χ0v) is 27.5. The minimum atomic E-state index is -0.133. The van der Waals surface area contributed by atoms with Gasteiger partial charge in [-0.25, -0.2) is 0 Å². The molecule has 0 N–H and O–H groups in total. The Balaban J connectivity index is 1.17. The molecule has 0 saturated heterocycles. The first-order chi connectivity index (χ1) is 23.6. The predicted molar refractivity (Wildman–Crippen MR) is 206 cm³/mol. The standard InChI is InChI=1S/C45H30N2S/c1-45(2)35-22-24-42-44(34-25-27(20-23-41(34)48-42)46-37-15-7-3-11-29(37)30-12-4-8-16-38(30)46)43(35)33-21-19-28(26-36(33)45)47-39-17-9-5-13-31(39)32-14-6-10-18-40(32)47/h3-26H,1-2H3. The monoisotopic (exact) mass is 630 g/mol. The van der Waals surface area contributed by atoms with Gasteiger partial charge in [-0.15, -0.1) is 11.3 Å². The number of thiophene rings is 1. The second-order valence-electron chi connectivity index (χ2n) is 13.7. The van der Waals surface area contributed by atoms with Crippen molar-refractivity contribution in [3.63, 3.8) is 0 Å². The van der Waals surface area contributed by atoms with Crippen LogP contribution in [0.4, 0.5) is 0 Å². The van der Waals surface area contributed by atoms with Gasteiger partial charge in [0.2, 0.25) is 0 Å². The van der Waals surface area contributed by atoms with Gasteiger partial charge in [0, 0.05) is 58.5 Å². The van der Waals surface area contributed by atoms with E-state index in [1.165, 1.54) is 97.4 Å². The lowest BCUT2D eigenvalue weighted by Crippen LogP contribution is -2.15. The fourth-order valence-electron chi connectivity index (χ4n) is 8.75. The van der Waals surface area contributed by atoms with E-state index in [0.717, 1.165) is 0 Å². The highest BCUT2D eigenvalue weighted by Gasteiger charge is 2.37. The van der Waals surface area contributed by atoms with E-state index in [-0.39, 0.29) is 5.41 Å². The summed E-state index contributed by atoms with van der Waals surface area (Å²) in [6, 6.07) is 54.1. The van der Waals surface area contributed by atoms with Crippen molar-refractivity contribution in [3.05, 3.63) is 157 Å². The molecule has 0 spiro atoms. The topological polar surface area (TPSA) is 9.86 Å². The van der Waals surface area contributed by atoms with Gasteiger partial charge in [-0.05, 0) is 82.9 Å². The zero-order valence-electron chi connectivity index (χ0n) is 26.7. The Morgan fingerprint density at radius 3 is 1.48 bits per heavy atom. The van der Waals surface area contributed by atoms with Crippen molar-refractivity contribution < 1.29 is 0 Å². The molecule has 1 aliphatic carbocycles. The fraction of sp³-hybridized carbons (Fsp3) is 0.0667. The van der Waals surface area contributed by atoms with E-state index < -0.39 is 0 Å². The number of nitrogens with zero attached hydrogens (tertiary/aromatic N) is 2. The third-order valence-electron chi connectivity index (χ3n) is 10.9. The van der Waals surface area contributed by atoms with Crippen molar-refractivity contribution in [2.45, 2.75) is 19.3 Å². The highest BCUT2D eigenvalue weighted by atomic mass is 32.1. The largest absolute Gasteiger partial charge is 0.309 e. The lowest BCUT2D eigenvalue weighted by atomic mass is 9.82. The first-order valence-electron chi connectivity index (χ1n) is 16.7. The van der Waals surface area contributed by atoms with Crippen molar-refractivity contribution in [2.75, 3.05) is 0 Å². The normalized spacial score (nSPS) is 13.8. The number of rotatable bonds is 2. The van der Waals surface area contributed by atoms with Crippen LogP contribution in [-0.4, -0.2) is 9.13 Å². The number of benzene rings is 7. The highest BCUT2D eigenvalue weighted by molar-refractivity contribution is 7.26. The van der Waals surface area contributed by atoms with Crippen molar-refractivity contribution in [2.24, 2.45) is 0 Å². The van der Waals surface area contributed by atoms with E-state index in [0.29, 0.717) is 0 Å². The lowest BCUT2D eigenvalue weighted by Gasteiger charge is -2.22. The number of hydrogen-bond acceptors (Lipinski definition) is 1. The number of aromatic nitrogens is 2. The summed E-state index contributed by atoms with van der Waals surface area (Å²) in [5.41, 5.74) is 12.8. The maximum absolute atomic E-state index is 2.46. The number of para-hydroxylation sites is 4. The van der Waals surface area contributed by atoms with Crippen LogP contribution < -0.4 is 0 Å². The van der Waals surface area contributed by atoms with E-state index >= 15 is 0 Å². The van der Waals surface area contributed by atoms with E-state index in [9.17, 15) is 0 Å². The van der Waals surface area contributed by atoms with E-state index in [1.54, 1.807) is 0 Å². The molecule has 7 aromatic carbocycles. The third-order valence-corrected chi connectivity index (χ3v) is 12.1. The van der Waals surface area contributed by atoms with Crippen molar-refractivity contribution >= 4 is 75.1 Å². The maximum atomic E-state index is 2.46. The fourth-order valence-corrected chi connectivity index (χ4v) is 9.84. The Bertz CT molecular complexity index is 2880. The molecule has 10 aromatic rings. The summed E-state index contributed by atoms with van der Waals surface area (Å²) in [4.78, 5) is 0. The van der Waals surface area contributed by atoms with E-state index in [4.69, 9.17) is 0 Å². The molecule has 0 fully saturated rings. The van der Waals surface area contributed by atoms with Crippen LogP contribution in [0.15, 0.2) is 146 Å². The Kier molecular flexibility index (Phi) is 5.09. The lowest BCUT2D eigenvalue weighted by molar-refractivity contribution is 0.660. The molecule has 0 saturated carbocycles. The Morgan fingerprint density at radius 2 is 0.917 bits per heavy atom. The van der Waals surface area contributed by atoms with Crippen LogP contribution in [0.2, 0.25) is 0 Å². The average Bonchev–Trinajstić information content (AvgIpc) is 3.83. The quantitative estimate of drug-likeness (QED) is 0.180. The van der Waals surface area contributed by atoms with Crippen LogP contribution in [0.1, 0.15) is 25.0 Å². The first kappa shape index (κ1) is 26.4. The molecule has 0 amide bonds. The van der Waals surface area contributed by atoms with Gasteiger partial charge in [0.25, 0.3) is 0 Å². The van der Waals surface area contributed by atoms with Crippen LogP contribution >= 0.6 is 11.3 Å². The van der Waals surface area contributed by atoms with Crippen LogP contribution in [0, 0.1) is 0 Å². The first-order valence-corrected chi connectivity index (χ1v) is 17.5. The van der Waals surface area contributed by atoms with Gasteiger partial charge < -0.3 is 9.13 Å². The van der Waals surface area contributed by atoms with Gasteiger partial charge in [-0.3, -0.25) is 0 Å². The Labute approximate surface area is 281 Å². The molecule has 48 heavy (non-hydrogen) atoms. The Hall–Kier alpha value is -5.64. The van der Waals surface area contributed by atoms with Gasteiger partial charge in [0.15, 0.2) is 0 Å². The molecule has 2 nitrogen and oxygen atoms in total. The second-order valence-corrected chi connectivity index (χ2v) is 14.8. The summed E-state index contributed by atoms with van der Waals surface area (Å²) in [6.45, 7) is 4.80. The summed E-state index contributed by atoms with van der Waals surface area (Å²) < 4.78 is 7.55. The summed E-state index contributed by atoms with van der Waals surface area (Å²) >= 11 is 1.91. The molecule has 0 aliphatic heterocycles. The molecule has 1 aliphatic rings. The summed E-state index contributed by atoms with van der Waals surface area (Å²) in [5, 5.41) is 7.88. The highest BCUT2D eigenvalue weighted by Crippen LogP contribution is 2.54. The summed E-state index contributed by atoms with van der Waals surface area (Å²) in [7, 11) is 0. The minimum Gasteiger partial charge on any atom is -0.309 e. The van der Waals surface area contributed by atoms with Crippen molar-refractivity contribution in [1.29, 1.82) is 0 Å².